The number of hydrogen-bond donors (Lipinski definition) is 1. The number of sulfone groups is 1. The summed E-state index contributed by atoms with van der Waals surface area (Å²) in [6.45, 7) is 2.14. The van der Waals surface area contributed by atoms with Crippen LogP contribution in [0.25, 0.3) is 0 Å². The zero-order valence-corrected chi connectivity index (χ0v) is 12.4. The van der Waals surface area contributed by atoms with Gasteiger partial charge in [-0.2, -0.15) is 0 Å². The van der Waals surface area contributed by atoms with Gasteiger partial charge in [0.1, 0.15) is 5.82 Å². The molecule has 0 atom stereocenters. The van der Waals surface area contributed by atoms with Crippen LogP contribution in [0.5, 0.6) is 0 Å². The lowest BCUT2D eigenvalue weighted by Crippen LogP contribution is -2.29. The average Bonchev–Trinajstić information content (AvgIpc) is 3.25. The molecule has 1 aromatic rings. The van der Waals surface area contributed by atoms with Crippen LogP contribution in [0.4, 0.5) is 5.82 Å². The first kappa shape index (κ1) is 13.8. The van der Waals surface area contributed by atoms with Crippen molar-refractivity contribution in [2.75, 3.05) is 29.5 Å². The van der Waals surface area contributed by atoms with E-state index in [0.717, 1.165) is 18.9 Å². The van der Waals surface area contributed by atoms with Crippen molar-refractivity contribution in [2.45, 2.75) is 31.8 Å². The number of aromatic nitrogens is 1. The van der Waals surface area contributed by atoms with Crippen molar-refractivity contribution in [3.05, 3.63) is 23.9 Å². The highest BCUT2D eigenvalue weighted by atomic mass is 32.2. The zero-order chi connectivity index (χ0) is 14.0. The van der Waals surface area contributed by atoms with Gasteiger partial charge in [0.15, 0.2) is 9.84 Å². The smallest absolute Gasteiger partial charge is 0.152 e. The Morgan fingerprint density at radius 3 is 2.95 bits per heavy atom. The van der Waals surface area contributed by atoms with E-state index in [4.69, 9.17) is 0 Å². The van der Waals surface area contributed by atoms with Crippen LogP contribution in [0.2, 0.25) is 0 Å². The largest absolute Gasteiger partial charge is 0.355 e. The van der Waals surface area contributed by atoms with E-state index in [1.54, 1.807) is 6.20 Å². The number of nitrogens with zero attached hydrogens (tertiary/aromatic N) is 2. The quantitative estimate of drug-likeness (QED) is 0.896. The number of rotatable bonds is 4. The Labute approximate surface area is 120 Å². The number of anilines is 1. The number of nitrogens with one attached hydrogen (secondary N) is 1. The summed E-state index contributed by atoms with van der Waals surface area (Å²) in [5.74, 6) is 1.48. The molecule has 2 aliphatic rings. The van der Waals surface area contributed by atoms with E-state index in [1.807, 2.05) is 6.07 Å². The third kappa shape index (κ3) is 3.49. The third-order valence-corrected chi connectivity index (χ3v) is 5.60. The molecule has 0 unspecified atom stereocenters. The topological polar surface area (TPSA) is 62.3 Å². The summed E-state index contributed by atoms with van der Waals surface area (Å²) in [5, 5.41) is 3.50. The predicted molar refractivity (Wildman–Crippen MR) is 79.6 cm³/mol. The van der Waals surface area contributed by atoms with Gasteiger partial charge in [0, 0.05) is 37.4 Å². The minimum absolute atomic E-state index is 0.235. The summed E-state index contributed by atoms with van der Waals surface area (Å²) in [6.07, 6.45) is 5.00. The maximum Gasteiger partial charge on any atom is 0.152 e. The highest BCUT2D eigenvalue weighted by molar-refractivity contribution is 7.91. The van der Waals surface area contributed by atoms with Gasteiger partial charge >= 0.3 is 0 Å². The Morgan fingerprint density at radius 2 is 2.15 bits per heavy atom. The minimum atomic E-state index is -2.87. The Morgan fingerprint density at radius 1 is 1.30 bits per heavy atom. The first-order valence-electron chi connectivity index (χ1n) is 7.27. The van der Waals surface area contributed by atoms with E-state index >= 15 is 0 Å². The first-order valence-corrected chi connectivity index (χ1v) is 9.09. The third-order valence-electron chi connectivity index (χ3n) is 3.88. The van der Waals surface area contributed by atoms with Crippen molar-refractivity contribution in [2.24, 2.45) is 0 Å². The normalized spacial score (nSPS) is 22.5. The molecule has 5 nitrogen and oxygen atoms in total. The molecule has 2 fully saturated rings. The Kier molecular flexibility index (Phi) is 3.94. The van der Waals surface area contributed by atoms with Crippen LogP contribution in [-0.4, -0.2) is 44.0 Å². The van der Waals surface area contributed by atoms with Gasteiger partial charge in [-0.25, -0.2) is 13.4 Å². The van der Waals surface area contributed by atoms with Crippen LogP contribution in [-0.2, 0) is 16.4 Å². The van der Waals surface area contributed by atoms with Crippen molar-refractivity contribution in [3.63, 3.8) is 0 Å². The van der Waals surface area contributed by atoms with Gasteiger partial charge < -0.3 is 10.2 Å². The molecule has 0 amide bonds. The summed E-state index contributed by atoms with van der Waals surface area (Å²) < 4.78 is 23.4. The molecule has 1 aliphatic heterocycles. The SMILES string of the molecule is O=S1(=O)CCCN(c2ncccc2CNC2CC2)CC1. The lowest BCUT2D eigenvalue weighted by molar-refractivity contribution is 0.597. The first-order chi connectivity index (χ1) is 9.64. The summed E-state index contributed by atoms with van der Waals surface area (Å²) >= 11 is 0. The van der Waals surface area contributed by atoms with Crippen LogP contribution >= 0.6 is 0 Å². The van der Waals surface area contributed by atoms with E-state index in [1.165, 1.54) is 18.4 Å². The van der Waals surface area contributed by atoms with Crippen LogP contribution in [0.15, 0.2) is 18.3 Å². The molecule has 2 heterocycles. The molecular formula is C14H21N3O2S. The highest BCUT2D eigenvalue weighted by Crippen LogP contribution is 2.23. The van der Waals surface area contributed by atoms with Crippen molar-refractivity contribution in [1.29, 1.82) is 0 Å². The summed E-state index contributed by atoms with van der Waals surface area (Å²) in [5.41, 5.74) is 1.17. The Bertz CT molecular complexity index is 570. The molecule has 1 aliphatic carbocycles. The monoisotopic (exact) mass is 295 g/mol. The molecule has 1 saturated heterocycles. The predicted octanol–water partition coefficient (Wildman–Crippen LogP) is 0.958. The van der Waals surface area contributed by atoms with Crippen molar-refractivity contribution in [1.82, 2.24) is 10.3 Å². The molecule has 0 aromatic carbocycles. The molecule has 1 aromatic heterocycles. The van der Waals surface area contributed by atoms with E-state index in [2.05, 4.69) is 21.3 Å². The summed E-state index contributed by atoms with van der Waals surface area (Å²) in [6, 6.07) is 4.69. The minimum Gasteiger partial charge on any atom is -0.355 e. The average molecular weight is 295 g/mol. The molecule has 110 valence electrons. The fourth-order valence-corrected chi connectivity index (χ4v) is 3.82. The lowest BCUT2D eigenvalue weighted by atomic mass is 10.2. The van der Waals surface area contributed by atoms with Gasteiger partial charge in [0.05, 0.1) is 11.5 Å². The zero-order valence-electron chi connectivity index (χ0n) is 11.6. The van der Waals surface area contributed by atoms with Crippen molar-refractivity contribution in [3.8, 4) is 0 Å². The second kappa shape index (κ2) is 5.69. The van der Waals surface area contributed by atoms with Crippen LogP contribution < -0.4 is 10.2 Å². The summed E-state index contributed by atoms with van der Waals surface area (Å²) in [4.78, 5) is 6.60. The fraction of sp³-hybridized carbons (Fsp3) is 0.643. The molecule has 0 spiro atoms. The van der Waals surface area contributed by atoms with E-state index in [0.29, 0.717) is 24.8 Å². The molecule has 1 N–H and O–H groups in total. The van der Waals surface area contributed by atoms with Gasteiger partial charge in [-0.15, -0.1) is 0 Å². The molecule has 20 heavy (non-hydrogen) atoms. The maximum atomic E-state index is 11.7. The summed E-state index contributed by atoms with van der Waals surface area (Å²) in [7, 11) is -2.87. The van der Waals surface area contributed by atoms with Crippen LogP contribution in [0.3, 0.4) is 0 Å². The Balaban J connectivity index is 1.74. The molecular weight excluding hydrogens is 274 g/mol. The van der Waals surface area contributed by atoms with Gasteiger partial charge in [-0.1, -0.05) is 6.07 Å². The molecule has 1 saturated carbocycles. The lowest BCUT2D eigenvalue weighted by Gasteiger charge is -2.23. The van der Waals surface area contributed by atoms with E-state index in [9.17, 15) is 8.42 Å². The standard InChI is InChI=1S/C14H21N3O2S/c18-20(19)9-2-7-17(8-10-20)14-12(3-1-6-15-14)11-16-13-4-5-13/h1,3,6,13,16H,2,4-5,7-11H2. The van der Waals surface area contributed by atoms with E-state index in [-0.39, 0.29) is 5.75 Å². The number of pyridine rings is 1. The van der Waals surface area contributed by atoms with Crippen molar-refractivity contribution < 1.29 is 8.42 Å². The molecule has 0 radical (unpaired) electrons. The fourth-order valence-electron chi connectivity index (χ4n) is 2.55. The van der Waals surface area contributed by atoms with Gasteiger partial charge in [-0.05, 0) is 25.3 Å². The van der Waals surface area contributed by atoms with Crippen LogP contribution in [0.1, 0.15) is 24.8 Å². The number of hydrogen-bond acceptors (Lipinski definition) is 5. The Hall–Kier alpha value is -1.14. The second-order valence-corrected chi connectivity index (χ2v) is 7.94. The molecule has 6 heteroatoms. The molecule has 0 bridgehead atoms. The highest BCUT2D eigenvalue weighted by Gasteiger charge is 2.23. The second-order valence-electron chi connectivity index (χ2n) is 5.63. The van der Waals surface area contributed by atoms with E-state index < -0.39 is 9.84 Å². The maximum absolute atomic E-state index is 11.7. The van der Waals surface area contributed by atoms with Gasteiger partial charge in [0.25, 0.3) is 0 Å². The van der Waals surface area contributed by atoms with Crippen LogP contribution in [0, 0.1) is 0 Å². The van der Waals surface area contributed by atoms with Crippen molar-refractivity contribution >= 4 is 15.7 Å². The molecule has 3 rings (SSSR count). The van der Waals surface area contributed by atoms with Gasteiger partial charge in [0.2, 0.25) is 0 Å². The van der Waals surface area contributed by atoms with Gasteiger partial charge in [-0.3, -0.25) is 0 Å².